The smallest absolute Gasteiger partial charge is 0.138 e. The molecule has 2 heterocycles. The third kappa shape index (κ3) is 3.71. The SMILES string of the molecule is CC(C)=CCc1cc2c(cc1O)OC[C@H]1c3cc(O)cc(CC=C(C)C)c3O[C@@H]21. The first kappa shape index (κ1) is 19.4. The summed E-state index contributed by atoms with van der Waals surface area (Å²) in [6, 6.07) is 7.29. The van der Waals surface area contributed by atoms with Crippen molar-refractivity contribution >= 4 is 0 Å². The maximum Gasteiger partial charge on any atom is 0.138 e. The Kier molecular flexibility index (Phi) is 5.03. The fraction of sp³-hybridized carbons (Fsp3) is 0.360. The summed E-state index contributed by atoms with van der Waals surface area (Å²) in [5.74, 6) is 2.05. The van der Waals surface area contributed by atoms with Crippen molar-refractivity contribution in [3.63, 3.8) is 0 Å². The monoisotopic (exact) mass is 392 g/mol. The number of rotatable bonds is 4. The highest BCUT2D eigenvalue weighted by Crippen LogP contribution is 2.54. The lowest BCUT2D eigenvalue weighted by Crippen LogP contribution is -2.23. The second kappa shape index (κ2) is 7.51. The summed E-state index contributed by atoms with van der Waals surface area (Å²) < 4.78 is 12.4. The van der Waals surface area contributed by atoms with E-state index in [4.69, 9.17) is 9.47 Å². The lowest BCUT2D eigenvalue weighted by atomic mass is 9.87. The Hall–Kier alpha value is -2.88. The number of ether oxygens (including phenoxy) is 2. The van der Waals surface area contributed by atoms with Gasteiger partial charge in [-0.3, -0.25) is 0 Å². The quantitative estimate of drug-likeness (QED) is 0.653. The Labute approximate surface area is 172 Å². The van der Waals surface area contributed by atoms with Crippen molar-refractivity contribution in [3.05, 3.63) is 69.8 Å². The molecule has 152 valence electrons. The van der Waals surface area contributed by atoms with Gasteiger partial charge in [0, 0.05) is 22.8 Å². The first-order valence-electron chi connectivity index (χ1n) is 10.1. The molecule has 0 fully saturated rings. The molecule has 0 amide bonds. The minimum absolute atomic E-state index is 0.0240. The van der Waals surface area contributed by atoms with E-state index in [1.165, 1.54) is 11.1 Å². The van der Waals surface area contributed by atoms with E-state index in [9.17, 15) is 10.2 Å². The number of phenolic OH excluding ortho intramolecular Hbond substituents is 2. The number of aromatic hydroxyl groups is 2. The van der Waals surface area contributed by atoms with E-state index in [-0.39, 0.29) is 23.5 Å². The highest BCUT2D eigenvalue weighted by Gasteiger charge is 2.42. The van der Waals surface area contributed by atoms with E-state index in [0.29, 0.717) is 25.2 Å². The van der Waals surface area contributed by atoms with E-state index in [0.717, 1.165) is 28.0 Å². The fourth-order valence-electron chi connectivity index (χ4n) is 4.05. The normalized spacial score (nSPS) is 18.6. The van der Waals surface area contributed by atoms with Gasteiger partial charge in [-0.15, -0.1) is 0 Å². The minimum Gasteiger partial charge on any atom is -0.508 e. The number of hydrogen-bond acceptors (Lipinski definition) is 4. The number of hydrogen-bond donors (Lipinski definition) is 2. The standard InChI is InChI=1S/C25H28O4/c1-14(2)5-7-16-10-20-23(12-22(16)27)28-13-21-19-11-18(26)9-17(8-6-15(3)4)24(19)29-25(20)21/h5-6,9-12,21,25-27H,7-8,13H2,1-4H3/t21-,25-/m0/s1. The van der Waals surface area contributed by atoms with Crippen LogP contribution >= 0.6 is 0 Å². The molecule has 0 spiro atoms. The van der Waals surface area contributed by atoms with Crippen molar-refractivity contribution in [1.82, 2.24) is 0 Å². The first-order chi connectivity index (χ1) is 13.8. The topological polar surface area (TPSA) is 58.9 Å². The van der Waals surface area contributed by atoms with Crippen LogP contribution in [0.15, 0.2) is 47.6 Å². The van der Waals surface area contributed by atoms with Crippen molar-refractivity contribution in [2.75, 3.05) is 6.61 Å². The van der Waals surface area contributed by atoms with Gasteiger partial charge in [0.2, 0.25) is 0 Å². The summed E-state index contributed by atoms with van der Waals surface area (Å²) in [6.45, 7) is 8.68. The van der Waals surface area contributed by atoms with Crippen LogP contribution in [0.4, 0.5) is 0 Å². The summed E-state index contributed by atoms with van der Waals surface area (Å²) in [5, 5.41) is 20.7. The van der Waals surface area contributed by atoms with Crippen molar-refractivity contribution in [2.45, 2.75) is 52.6 Å². The van der Waals surface area contributed by atoms with Crippen LogP contribution in [0.5, 0.6) is 23.0 Å². The summed E-state index contributed by atoms with van der Waals surface area (Å²) in [6.07, 6.45) is 5.45. The zero-order chi connectivity index (χ0) is 20.7. The molecule has 29 heavy (non-hydrogen) atoms. The Morgan fingerprint density at radius 2 is 1.62 bits per heavy atom. The number of fused-ring (bicyclic) bond motifs is 5. The van der Waals surface area contributed by atoms with Crippen molar-refractivity contribution in [3.8, 4) is 23.0 Å². The fourth-order valence-corrected chi connectivity index (χ4v) is 4.05. The molecule has 2 aliphatic rings. The predicted molar refractivity (Wildman–Crippen MR) is 114 cm³/mol. The van der Waals surface area contributed by atoms with Crippen LogP contribution in [0.25, 0.3) is 0 Å². The highest BCUT2D eigenvalue weighted by molar-refractivity contribution is 5.57. The maximum atomic E-state index is 10.4. The largest absolute Gasteiger partial charge is 0.508 e. The zero-order valence-corrected chi connectivity index (χ0v) is 17.5. The molecule has 2 atom stereocenters. The molecule has 4 nitrogen and oxygen atoms in total. The average Bonchev–Trinajstić information content (AvgIpc) is 3.03. The van der Waals surface area contributed by atoms with Crippen molar-refractivity contribution in [1.29, 1.82) is 0 Å². The molecule has 4 rings (SSSR count). The molecule has 4 heteroatoms. The molecule has 0 saturated carbocycles. The second-order valence-electron chi connectivity index (χ2n) is 8.47. The van der Waals surface area contributed by atoms with E-state index in [1.54, 1.807) is 18.2 Å². The van der Waals surface area contributed by atoms with Gasteiger partial charge in [0.1, 0.15) is 29.1 Å². The molecule has 0 radical (unpaired) electrons. The number of allylic oxidation sites excluding steroid dienone is 4. The molecule has 0 saturated heterocycles. The Bertz CT molecular complexity index is 1010. The van der Waals surface area contributed by atoms with Crippen molar-refractivity contribution < 1.29 is 19.7 Å². The summed E-state index contributed by atoms with van der Waals surface area (Å²) in [4.78, 5) is 0. The average molecular weight is 392 g/mol. The van der Waals surface area contributed by atoms with Gasteiger partial charge in [0.15, 0.2) is 0 Å². The van der Waals surface area contributed by atoms with Gasteiger partial charge in [-0.1, -0.05) is 23.3 Å². The van der Waals surface area contributed by atoms with Crippen LogP contribution in [-0.2, 0) is 12.8 Å². The van der Waals surface area contributed by atoms with Crippen LogP contribution in [0.1, 0.15) is 62.0 Å². The first-order valence-corrected chi connectivity index (χ1v) is 10.1. The van der Waals surface area contributed by atoms with E-state index >= 15 is 0 Å². The molecular weight excluding hydrogens is 364 g/mol. The van der Waals surface area contributed by atoms with Crippen LogP contribution in [0.3, 0.4) is 0 Å². The van der Waals surface area contributed by atoms with Gasteiger partial charge in [-0.05, 0) is 64.3 Å². The van der Waals surface area contributed by atoms with Crippen LogP contribution < -0.4 is 9.47 Å². The van der Waals surface area contributed by atoms with Gasteiger partial charge in [0.25, 0.3) is 0 Å². The molecule has 0 unspecified atom stereocenters. The number of benzene rings is 2. The molecule has 2 aromatic rings. The summed E-state index contributed by atoms with van der Waals surface area (Å²) in [5.41, 5.74) is 6.24. The predicted octanol–water partition coefficient (Wildman–Crippen LogP) is 5.72. The molecule has 2 aromatic carbocycles. The summed E-state index contributed by atoms with van der Waals surface area (Å²) >= 11 is 0. The van der Waals surface area contributed by atoms with Crippen LogP contribution in [-0.4, -0.2) is 16.8 Å². The van der Waals surface area contributed by atoms with E-state index in [1.807, 2.05) is 19.9 Å². The zero-order valence-electron chi connectivity index (χ0n) is 17.5. The van der Waals surface area contributed by atoms with Gasteiger partial charge >= 0.3 is 0 Å². The van der Waals surface area contributed by atoms with E-state index < -0.39 is 0 Å². The van der Waals surface area contributed by atoms with Gasteiger partial charge in [-0.2, -0.15) is 0 Å². The van der Waals surface area contributed by atoms with E-state index in [2.05, 4.69) is 26.0 Å². The number of phenols is 2. The third-order valence-corrected chi connectivity index (χ3v) is 5.59. The summed E-state index contributed by atoms with van der Waals surface area (Å²) in [7, 11) is 0. The third-order valence-electron chi connectivity index (χ3n) is 5.59. The van der Waals surface area contributed by atoms with Gasteiger partial charge in [-0.25, -0.2) is 0 Å². The molecule has 0 aliphatic carbocycles. The minimum atomic E-state index is -0.174. The molecule has 2 aliphatic heterocycles. The van der Waals surface area contributed by atoms with Crippen LogP contribution in [0, 0.1) is 0 Å². The maximum absolute atomic E-state index is 10.4. The highest BCUT2D eigenvalue weighted by atomic mass is 16.5. The Balaban J connectivity index is 1.73. The van der Waals surface area contributed by atoms with Gasteiger partial charge < -0.3 is 19.7 Å². The Morgan fingerprint density at radius 3 is 2.31 bits per heavy atom. The lowest BCUT2D eigenvalue weighted by molar-refractivity contribution is 0.138. The second-order valence-corrected chi connectivity index (χ2v) is 8.47. The molecular formula is C25H28O4. The lowest BCUT2D eigenvalue weighted by Gasteiger charge is -2.28. The molecule has 0 aromatic heterocycles. The Morgan fingerprint density at radius 1 is 0.931 bits per heavy atom. The molecule has 0 bridgehead atoms. The van der Waals surface area contributed by atoms with Gasteiger partial charge in [0.05, 0.1) is 12.5 Å². The molecule has 2 N–H and O–H groups in total. The van der Waals surface area contributed by atoms with Crippen molar-refractivity contribution in [2.24, 2.45) is 0 Å². The van der Waals surface area contributed by atoms with Crippen LogP contribution in [0.2, 0.25) is 0 Å².